The third kappa shape index (κ3) is 10.1. The monoisotopic (exact) mass is 688 g/mol. The zero-order valence-electron chi connectivity index (χ0n) is 31.3. The van der Waals surface area contributed by atoms with Crippen molar-refractivity contribution in [2.75, 3.05) is 13.7 Å². The summed E-state index contributed by atoms with van der Waals surface area (Å²) in [6, 6.07) is 29.4. The van der Waals surface area contributed by atoms with Crippen molar-refractivity contribution in [3.05, 3.63) is 103 Å². The van der Waals surface area contributed by atoms with Gasteiger partial charge in [0.2, 0.25) is 0 Å². The van der Waals surface area contributed by atoms with Crippen LogP contribution in [0.2, 0.25) is 23.2 Å². The number of methoxy groups -OCH3 is 1. The van der Waals surface area contributed by atoms with Crippen LogP contribution in [0.1, 0.15) is 67.4 Å². The summed E-state index contributed by atoms with van der Waals surface area (Å²) in [5.41, 5.74) is 1.03. The average molecular weight is 689 g/mol. The van der Waals surface area contributed by atoms with Crippen LogP contribution in [0.5, 0.6) is 5.75 Å². The minimum absolute atomic E-state index is 0.0504. The van der Waals surface area contributed by atoms with Gasteiger partial charge in [0.1, 0.15) is 12.0 Å². The van der Waals surface area contributed by atoms with E-state index in [2.05, 4.69) is 135 Å². The largest absolute Gasteiger partial charge is 0.497 e. The molecule has 5 nitrogen and oxygen atoms in total. The molecule has 0 saturated carbocycles. The van der Waals surface area contributed by atoms with Crippen molar-refractivity contribution < 1.29 is 23.1 Å². The van der Waals surface area contributed by atoms with Gasteiger partial charge in [0, 0.05) is 18.9 Å². The summed E-state index contributed by atoms with van der Waals surface area (Å²) < 4.78 is 26.1. The minimum Gasteiger partial charge on any atom is -0.497 e. The highest BCUT2D eigenvalue weighted by Crippen LogP contribution is 2.41. The Bertz CT molecular complexity index is 1370. The molecule has 3 aromatic carbocycles. The van der Waals surface area contributed by atoms with Gasteiger partial charge >= 0.3 is 0 Å². The lowest BCUT2D eigenvalue weighted by molar-refractivity contribution is -0.109. The van der Waals surface area contributed by atoms with E-state index in [9.17, 15) is 4.79 Å². The molecule has 0 aliphatic carbocycles. The third-order valence-corrected chi connectivity index (χ3v) is 19.4. The summed E-state index contributed by atoms with van der Waals surface area (Å²) in [6.45, 7) is 23.9. The molecule has 0 heterocycles. The van der Waals surface area contributed by atoms with E-state index in [-0.39, 0.29) is 34.1 Å². The number of hydrogen-bond donors (Lipinski definition) is 0. The molecular formula is C41H60O5Si2. The number of carbonyl (C=O) groups excluding carboxylic acids is 1. The molecule has 4 atom stereocenters. The molecule has 0 fully saturated rings. The van der Waals surface area contributed by atoms with Gasteiger partial charge in [-0.05, 0) is 57.2 Å². The second kappa shape index (κ2) is 17.2. The summed E-state index contributed by atoms with van der Waals surface area (Å²) in [6.07, 6.45) is 5.03. The van der Waals surface area contributed by atoms with E-state index in [4.69, 9.17) is 18.3 Å². The van der Waals surface area contributed by atoms with E-state index in [1.54, 1.807) is 7.11 Å². The molecule has 0 bridgehead atoms. The van der Waals surface area contributed by atoms with Gasteiger partial charge in [-0.2, -0.15) is 0 Å². The number of ether oxygens (including phenoxy) is 2. The molecule has 0 N–H and O–H groups in total. The Hall–Kier alpha value is -2.82. The fourth-order valence-corrected chi connectivity index (χ4v) is 12.2. The average Bonchev–Trinajstić information content (AvgIpc) is 3.05. The topological polar surface area (TPSA) is 54.0 Å². The molecule has 0 radical (unpaired) electrons. The van der Waals surface area contributed by atoms with Crippen molar-refractivity contribution >= 4 is 33.3 Å². The van der Waals surface area contributed by atoms with E-state index in [0.717, 1.165) is 17.6 Å². The normalized spacial score (nSPS) is 15.6. The summed E-state index contributed by atoms with van der Waals surface area (Å²) in [7, 11) is -3.21. The van der Waals surface area contributed by atoms with Crippen LogP contribution in [-0.2, 0) is 25.0 Å². The molecule has 0 aliphatic rings. The summed E-state index contributed by atoms with van der Waals surface area (Å²) in [5.74, 6) is 0.971. The molecule has 262 valence electrons. The molecule has 0 aromatic heterocycles. The molecular weight excluding hydrogens is 629 g/mol. The highest BCUT2D eigenvalue weighted by Gasteiger charge is 2.51. The standard InChI is InChI=1S/C41H60O5Si2/c1-32(22-25-36(28-29-42)44-31-34-23-26-35(43-9)27-24-34)39(46-47(10,11)40(3,4)5)33(2)30-45-48(41(6,7)8,37-18-14-12-15-19-37)38-20-16-13-17-21-38/h12-27,29,32-33,36,39H,28,30-31H2,1-11H3/b25-22-/t32-,33-,36+,39-/m0/s1. The Labute approximate surface area is 293 Å². The summed E-state index contributed by atoms with van der Waals surface area (Å²) >= 11 is 0. The number of rotatable bonds is 17. The number of aldehydes is 1. The predicted octanol–water partition coefficient (Wildman–Crippen LogP) is 8.96. The maximum atomic E-state index is 11.6. The quantitative estimate of drug-likeness (QED) is 0.0805. The van der Waals surface area contributed by atoms with Crippen molar-refractivity contribution in [3.63, 3.8) is 0 Å². The fourth-order valence-electron chi connectivity index (χ4n) is 6.00. The lowest BCUT2D eigenvalue weighted by Crippen LogP contribution is -2.67. The van der Waals surface area contributed by atoms with Gasteiger partial charge in [0.15, 0.2) is 8.32 Å². The van der Waals surface area contributed by atoms with E-state index in [1.165, 1.54) is 10.4 Å². The first kappa shape index (κ1) is 39.6. The molecule has 3 rings (SSSR count). The Morgan fingerprint density at radius 3 is 1.75 bits per heavy atom. The van der Waals surface area contributed by atoms with Gasteiger partial charge in [-0.25, -0.2) is 0 Å². The van der Waals surface area contributed by atoms with Crippen molar-refractivity contribution in [2.24, 2.45) is 11.8 Å². The van der Waals surface area contributed by atoms with Crippen LogP contribution >= 0.6 is 0 Å². The molecule has 7 heteroatoms. The van der Waals surface area contributed by atoms with E-state index >= 15 is 0 Å². The van der Waals surface area contributed by atoms with E-state index in [1.807, 2.05) is 30.3 Å². The van der Waals surface area contributed by atoms with Gasteiger partial charge in [0.25, 0.3) is 8.32 Å². The molecule has 3 aromatic rings. The van der Waals surface area contributed by atoms with Gasteiger partial charge in [-0.15, -0.1) is 0 Å². The van der Waals surface area contributed by atoms with Crippen molar-refractivity contribution in [1.29, 1.82) is 0 Å². The smallest absolute Gasteiger partial charge is 0.261 e. The van der Waals surface area contributed by atoms with Crippen molar-refractivity contribution in [2.45, 2.75) is 104 Å². The number of carbonyl (C=O) groups is 1. The van der Waals surface area contributed by atoms with Gasteiger partial charge in [0.05, 0.1) is 25.9 Å². The Morgan fingerprint density at radius 2 is 1.29 bits per heavy atom. The fraction of sp³-hybridized carbons (Fsp3) is 0.488. The lowest BCUT2D eigenvalue weighted by atomic mass is 9.93. The van der Waals surface area contributed by atoms with Crippen LogP contribution in [0.3, 0.4) is 0 Å². The third-order valence-electron chi connectivity index (χ3n) is 9.88. The second-order valence-corrected chi connectivity index (χ2v) is 24.7. The molecule has 0 unspecified atom stereocenters. The van der Waals surface area contributed by atoms with Crippen LogP contribution in [-0.4, -0.2) is 48.8 Å². The SMILES string of the molecule is COc1ccc(CO[C@H](/C=C\[C@H](C)[C@H](O[Si](C)(C)C(C)(C)C)[C@@H](C)CO[Si](c2ccccc2)(c2ccccc2)C(C)(C)C)CC=O)cc1. The zero-order valence-corrected chi connectivity index (χ0v) is 33.3. The molecule has 0 spiro atoms. The van der Waals surface area contributed by atoms with Crippen LogP contribution in [0, 0.1) is 11.8 Å². The summed E-state index contributed by atoms with van der Waals surface area (Å²) in [5, 5.41) is 2.49. The first-order chi connectivity index (χ1) is 22.6. The predicted molar refractivity (Wildman–Crippen MR) is 205 cm³/mol. The van der Waals surface area contributed by atoms with Crippen LogP contribution in [0.15, 0.2) is 97.1 Å². The Kier molecular flexibility index (Phi) is 14.2. The number of benzene rings is 3. The highest BCUT2D eigenvalue weighted by molar-refractivity contribution is 6.99. The second-order valence-electron chi connectivity index (χ2n) is 15.6. The first-order valence-corrected chi connectivity index (χ1v) is 22.2. The van der Waals surface area contributed by atoms with Crippen molar-refractivity contribution in [1.82, 2.24) is 0 Å². The molecule has 0 saturated heterocycles. The molecule has 48 heavy (non-hydrogen) atoms. The van der Waals surface area contributed by atoms with E-state index < -0.39 is 16.6 Å². The van der Waals surface area contributed by atoms with Crippen LogP contribution in [0.4, 0.5) is 0 Å². The van der Waals surface area contributed by atoms with Gasteiger partial charge < -0.3 is 23.1 Å². The first-order valence-electron chi connectivity index (χ1n) is 17.3. The van der Waals surface area contributed by atoms with E-state index in [0.29, 0.717) is 19.6 Å². The van der Waals surface area contributed by atoms with Gasteiger partial charge in [-0.1, -0.05) is 140 Å². The van der Waals surface area contributed by atoms with Crippen LogP contribution < -0.4 is 15.1 Å². The highest BCUT2D eigenvalue weighted by atomic mass is 28.4. The molecule has 0 aliphatic heterocycles. The maximum absolute atomic E-state index is 11.6. The maximum Gasteiger partial charge on any atom is 0.261 e. The minimum atomic E-state index is -2.71. The molecule has 0 amide bonds. The Morgan fingerprint density at radius 1 is 0.750 bits per heavy atom. The zero-order chi connectivity index (χ0) is 35.6. The van der Waals surface area contributed by atoms with Crippen LogP contribution in [0.25, 0.3) is 0 Å². The number of hydrogen-bond acceptors (Lipinski definition) is 5. The Balaban J connectivity index is 1.92. The van der Waals surface area contributed by atoms with Crippen molar-refractivity contribution in [3.8, 4) is 5.75 Å². The van der Waals surface area contributed by atoms with Gasteiger partial charge in [-0.3, -0.25) is 0 Å². The summed E-state index contributed by atoms with van der Waals surface area (Å²) in [4.78, 5) is 11.6. The lowest BCUT2D eigenvalue weighted by Gasteiger charge is -2.45.